The summed E-state index contributed by atoms with van der Waals surface area (Å²) in [6.07, 6.45) is 1.02. The van der Waals surface area contributed by atoms with Crippen LogP contribution in [0.15, 0.2) is 54.6 Å². The van der Waals surface area contributed by atoms with Crippen LogP contribution in [-0.2, 0) is 4.74 Å². The van der Waals surface area contributed by atoms with Crippen molar-refractivity contribution in [2.75, 3.05) is 20.3 Å². The largest absolute Gasteiger partial charge is 0.385 e. The van der Waals surface area contributed by atoms with Crippen molar-refractivity contribution >= 4 is 0 Å². The highest BCUT2D eigenvalue weighted by Gasteiger charge is 2.14. The van der Waals surface area contributed by atoms with Crippen molar-refractivity contribution in [1.29, 1.82) is 0 Å². The summed E-state index contributed by atoms with van der Waals surface area (Å²) in [6.45, 7) is 3.91. The molecular weight excluding hydrogens is 246 g/mol. The van der Waals surface area contributed by atoms with Crippen molar-refractivity contribution < 1.29 is 4.74 Å². The van der Waals surface area contributed by atoms with E-state index in [-0.39, 0.29) is 6.04 Å². The zero-order valence-electron chi connectivity index (χ0n) is 12.3. The molecule has 0 aliphatic carbocycles. The Bertz CT molecular complexity index is 510. The molecule has 20 heavy (non-hydrogen) atoms. The number of methoxy groups -OCH3 is 1. The molecule has 0 aromatic heterocycles. The van der Waals surface area contributed by atoms with Gasteiger partial charge in [0.2, 0.25) is 0 Å². The molecule has 2 nitrogen and oxygen atoms in total. The fourth-order valence-electron chi connectivity index (χ4n) is 2.43. The van der Waals surface area contributed by atoms with Gasteiger partial charge < -0.3 is 10.1 Å². The normalized spacial score (nSPS) is 12.3. The average molecular weight is 269 g/mol. The third-order valence-electron chi connectivity index (χ3n) is 3.51. The van der Waals surface area contributed by atoms with E-state index in [9.17, 15) is 0 Å². The van der Waals surface area contributed by atoms with Crippen LogP contribution in [0, 0.1) is 6.92 Å². The van der Waals surface area contributed by atoms with E-state index in [2.05, 4.69) is 66.8 Å². The second kappa shape index (κ2) is 7.83. The van der Waals surface area contributed by atoms with Crippen LogP contribution in [0.4, 0.5) is 0 Å². The molecule has 2 aromatic carbocycles. The van der Waals surface area contributed by atoms with E-state index in [1.807, 2.05) is 0 Å². The highest BCUT2D eigenvalue weighted by Crippen LogP contribution is 2.24. The quantitative estimate of drug-likeness (QED) is 0.774. The van der Waals surface area contributed by atoms with Gasteiger partial charge in [-0.3, -0.25) is 0 Å². The van der Waals surface area contributed by atoms with E-state index < -0.39 is 0 Å². The summed E-state index contributed by atoms with van der Waals surface area (Å²) in [5.74, 6) is 0. The monoisotopic (exact) mass is 269 g/mol. The number of nitrogens with one attached hydrogen (secondary N) is 1. The molecule has 0 radical (unpaired) electrons. The Labute approximate surface area is 121 Å². The van der Waals surface area contributed by atoms with Gasteiger partial charge in [-0.05, 0) is 36.6 Å². The SMILES string of the molecule is COCCCNC(c1ccccc1)c1ccccc1C. The zero-order chi connectivity index (χ0) is 14.2. The van der Waals surface area contributed by atoms with Gasteiger partial charge in [0, 0.05) is 13.7 Å². The van der Waals surface area contributed by atoms with Gasteiger partial charge in [-0.1, -0.05) is 54.6 Å². The van der Waals surface area contributed by atoms with Gasteiger partial charge in [0.25, 0.3) is 0 Å². The molecular formula is C18H23NO. The second-order valence-corrected chi connectivity index (χ2v) is 5.00. The molecule has 0 fully saturated rings. The predicted molar refractivity (Wildman–Crippen MR) is 84.0 cm³/mol. The maximum Gasteiger partial charge on any atom is 0.0579 e. The van der Waals surface area contributed by atoms with Crippen molar-refractivity contribution in [3.05, 3.63) is 71.3 Å². The average Bonchev–Trinajstić information content (AvgIpc) is 2.49. The summed E-state index contributed by atoms with van der Waals surface area (Å²) in [7, 11) is 1.75. The van der Waals surface area contributed by atoms with Crippen LogP contribution in [0.5, 0.6) is 0 Å². The Morgan fingerprint density at radius 3 is 2.40 bits per heavy atom. The number of aryl methyl sites for hydroxylation is 1. The first-order chi connectivity index (χ1) is 9.83. The van der Waals surface area contributed by atoms with Gasteiger partial charge in [-0.15, -0.1) is 0 Å². The van der Waals surface area contributed by atoms with Gasteiger partial charge in [0.1, 0.15) is 0 Å². The van der Waals surface area contributed by atoms with Crippen molar-refractivity contribution in [3.8, 4) is 0 Å². The third-order valence-corrected chi connectivity index (χ3v) is 3.51. The van der Waals surface area contributed by atoms with Gasteiger partial charge in [-0.25, -0.2) is 0 Å². The predicted octanol–water partition coefficient (Wildman–Crippen LogP) is 3.71. The van der Waals surface area contributed by atoms with Crippen LogP contribution in [-0.4, -0.2) is 20.3 Å². The summed E-state index contributed by atoms with van der Waals surface area (Å²) >= 11 is 0. The van der Waals surface area contributed by atoms with Crippen LogP contribution >= 0.6 is 0 Å². The van der Waals surface area contributed by atoms with Crippen LogP contribution in [0.1, 0.15) is 29.2 Å². The van der Waals surface area contributed by atoms with Gasteiger partial charge in [0.05, 0.1) is 6.04 Å². The molecule has 1 N–H and O–H groups in total. The lowest BCUT2D eigenvalue weighted by Gasteiger charge is -2.21. The Kier molecular flexibility index (Phi) is 5.78. The Morgan fingerprint density at radius 2 is 1.70 bits per heavy atom. The first-order valence-corrected chi connectivity index (χ1v) is 7.15. The maximum atomic E-state index is 5.12. The lowest BCUT2D eigenvalue weighted by Crippen LogP contribution is -2.25. The van der Waals surface area contributed by atoms with Crippen LogP contribution < -0.4 is 5.32 Å². The summed E-state index contributed by atoms with van der Waals surface area (Å²) in [4.78, 5) is 0. The van der Waals surface area contributed by atoms with Crippen molar-refractivity contribution in [1.82, 2.24) is 5.32 Å². The Morgan fingerprint density at radius 1 is 1.00 bits per heavy atom. The van der Waals surface area contributed by atoms with E-state index in [0.717, 1.165) is 19.6 Å². The van der Waals surface area contributed by atoms with Gasteiger partial charge in [0.15, 0.2) is 0 Å². The van der Waals surface area contributed by atoms with Crippen LogP contribution in [0.3, 0.4) is 0 Å². The summed E-state index contributed by atoms with van der Waals surface area (Å²) in [5.41, 5.74) is 3.97. The molecule has 0 amide bonds. The molecule has 1 unspecified atom stereocenters. The van der Waals surface area contributed by atoms with Crippen molar-refractivity contribution in [3.63, 3.8) is 0 Å². The van der Waals surface area contributed by atoms with E-state index >= 15 is 0 Å². The first-order valence-electron chi connectivity index (χ1n) is 7.15. The molecule has 2 aromatic rings. The molecule has 2 heteroatoms. The van der Waals surface area contributed by atoms with E-state index in [1.165, 1.54) is 16.7 Å². The summed E-state index contributed by atoms with van der Waals surface area (Å²) < 4.78 is 5.12. The molecule has 0 heterocycles. The molecule has 0 aliphatic rings. The van der Waals surface area contributed by atoms with E-state index in [4.69, 9.17) is 4.74 Å². The molecule has 106 valence electrons. The molecule has 0 bridgehead atoms. The molecule has 0 saturated carbocycles. The maximum absolute atomic E-state index is 5.12. The summed E-state index contributed by atoms with van der Waals surface area (Å²) in [6, 6.07) is 19.4. The van der Waals surface area contributed by atoms with Gasteiger partial charge >= 0.3 is 0 Å². The minimum absolute atomic E-state index is 0.245. The molecule has 2 rings (SSSR count). The Balaban J connectivity index is 2.19. The standard InChI is InChI=1S/C18H23NO/c1-15-9-6-7-12-17(15)18(19-13-8-14-20-2)16-10-4-3-5-11-16/h3-7,9-12,18-19H,8,13-14H2,1-2H3. The fraction of sp³-hybridized carbons (Fsp3) is 0.333. The van der Waals surface area contributed by atoms with Crippen LogP contribution in [0.25, 0.3) is 0 Å². The zero-order valence-corrected chi connectivity index (χ0v) is 12.3. The fourth-order valence-corrected chi connectivity index (χ4v) is 2.43. The molecule has 0 saturated heterocycles. The minimum Gasteiger partial charge on any atom is -0.385 e. The molecule has 1 atom stereocenters. The van der Waals surface area contributed by atoms with Gasteiger partial charge in [-0.2, -0.15) is 0 Å². The highest BCUT2D eigenvalue weighted by molar-refractivity contribution is 5.36. The first kappa shape index (κ1) is 14.8. The highest BCUT2D eigenvalue weighted by atomic mass is 16.5. The lowest BCUT2D eigenvalue weighted by molar-refractivity contribution is 0.193. The number of rotatable bonds is 7. The van der Waals surface area contributed by atoms with Crippen molar-refractivity contribution in [2.24, 2.45) is 0 Å². The smallest absolute Gasteiger partial charge is 0.0579 e. The van der Waals surface area contributed by atoms with Crippen LogP contribution in [0.2, 0.25) is 0 Å². The van der Waals surface area contributed by atoms with E-state index in [1.54, 1.807) is 7.11 Å². The molecule has 0 spiro atoms. The number of hydrogen-bond donors (Lipinski definition) is 1. The number of hydrogen-bond acceptors (Lipinski definition) is 2. The minimum atomic E-state index is 0.245. The number of ether oxygens (including phenoxy) is 1. The molecule has 0 aliphatic heterocycles. The second-order valence-electron chi connectivity index (χ2n) is 5.00. The van der Waals surface area contributed by atoms with Crippen molar-refractivity contribution in [2.45, 2.75) is 19.4 Å². The Hall–Kier alpha value is -1.64. The lowest BCUT2D eigenvalue weighted by atomic mass is 9.95. The number of benzene rings is 2. The van der Waals surface area contributed by atoms with E-state index in [0.29, 0.717) is 0 Å². The topological polar surface area (TPSA) is 21.3 Å². The third kappa shape index (κ3) is 3.92. The summed E-state index contributed by atoms with van der Waals surface area (Å²) in [5, 5.41) is 3.65.